The standard InChI is InChI=1S/C67H76BFN2O/c1-39-31-55-58-56(32-39)71(53-24-21-40(61(2,3)4)33-43(53)42-19-17-18-20-52(42)69)54-37-49-48(65(11,12)28-29-66(49,13)14)36-51(54)68(58)60-59(44-35-47-50(38-57(44)72-60)67(15,16)30-27-64(47,9)10)70(55)41-22-23-45-46(34-41)63(7,8)26-25-62(45,5)6/h17-24,31-38H,25-30H2,1-16H3. The van der Waals surface area contributed by atoms with E-state index >= 15 is 4.39 Å². The number of benzene rings is 6. The zero-order chi connectivity index (χ0) is 51.2. The lowest BCUT2D eigenvalue weighted by Gasteiger charge is -2.47. The van der Waals surface area contributed by atoms with Gasteiger partial charge in [-0.2, -0.15) is 0 Å². The van der Waals surface area contributed by atoms with Crippen LogP contribution >= 0.6 is 0 Å². The summed E-state index contributed by atoms with van der Waals surface area (Å²) in [6.45, 7) is 38.0. The van der Waals surface area contributed by atoms with Crippen molar-refractivity contribution >= 4 is 68.4 Å². The summed E-state index contributed by atoms with van der Waals surface area (Å²) in [4.78, 5) is 5.13. The van der Waals surface area contributed by atoms with Crippen molar-refractivity contribution in [2.24, 2.45) is 0 Å². The second kappa shape index (κ2) is 15.0. The molecule has 0 unspecified atom stereocenters. The number of aryl methyl sites for hydroxylation is 1. The Kier molecular flexibility index (Phi) is 9.91. The molecular weight excluding hydrogens is 879 g/mol. The van der Waals surface area contributed by atoms with Crippen molar-refractivity contribution in [3.8, 4) is 11.1 Å². The summed E-state index contributed by atoms with van der Waals surface area (Å²) in [7, 11) is 0. The molecule has 0 spiro atoms. The van der Waals surface area contributed by atoms with Gasteiger partial charge in [0.25, 0.3) is 6.71 Å². The van der Waals surface area contributed by atoms with E-state index in [1.165, 1.54) is 72.2 Å². The third-order valence-electron chi connectivity index (χ3n) is 19.1. The summed E-state index contributed by atoms with van der Waals surface area (Å²) in [5, 5.41) is 1.18. The third kappa shape index (κ3) is 6.86. The molecule has 370 valence electrons. The van der Waals surface area contributed by atoms with Crippen LogP contribution < -0.4 is 26.4 Å². The molecule has 0 N–H and O–H groups in total. The van der Waals surface area contributed by atoms with E-state index in [0.717, 1.165) is 78.1 Å². The van der Waals surface area contributed by atoms with Crippen LogP contribution in [0.1, 0.15) is 187 Å². The largest absolute Gasteiger partial charge is 0.468 e. The molecule has 0 radical (unpaired) electrons. The average molecular weight is 955 g/mol. The van der Waals surface area contributed by atoms with Crippen molar-refractivity contribution in [3.05, 3.63) is 147 Å². The number of fused-ring (bicyclic) bond motifs is 9. The van der Waals surface area contributed by atoms with Crippen molar-refractivity contribution in [2.75, 3.05) is 9.80 Å². The van der Waals surface area contributed by atoms with E-state index in [4.69, 9.17) is 4.42 Å². The molecule has 0 saturated heterocycles. The van der Waals surface area contributed by atoms with Crippen LogP contribution in [0.2, 0.25) is 0 Å². The Bertz CT molecular complexity index is 3460. The minimum absolute atomic E-state index is 0.0128. The van der Waals surface area contributed by atoms with E-state index < -0.39 is 0 Å². The van der Waals surface area contributed by atoms with Gasteiger partial charge in [0.2, 0.25) is 0 Å². The van der Waals surface area contributed by atoms with Crippen molar-refractivity contribution in [1.29, 1.82) is 0 Å². The van der Waals surface area contributed by atoms with Crippen molar-refractivity contribution in [3.63, 3.8) is 0 Å². The quantitative estimate of drug-likeness (QED) is 0.165. The van der Waals surface area contributed by atoms with Gasteiger partial charge >= 0.3 is 0 Å². The Morgan fingerprint density at radius 1 is 0.500 bits per heavy atom. The van der Waals surface area contributed by atoms with Gasteiger partial charge in [0, 0.05) is 39.3 Å². The van der Waals surface area contributed by atoms with Gasteiger partial charge in [-0.15, -0.1) is 0 Å². The fraction of sp³-hybridized carbons (Fsp3) is 0.433. The molecule has 3 heterocycles. The van der Waals surface area contributed by atoms with E-state index in [1.807, 2.05) is 12.1 Å². The molecule has 0 fully saturated rings. The minimum Gasteiger partial charge on any atom is -0.468 e. The lowest BCUT2D eigenvalue weighted by Crippen LogP contribution is -2.61. The first-order valence-electron chi connectivity index (χ1n) is 27.2. The highest BCUT2D eigenvalue weighted by Crippen LogP contribution is 2.56. The van der Waals surface area contributed by atoms with Crippen LogP contribution in [-0.4, -0.2) is 6.71 Å². The van der Waals surface area contributed by atoms with Crippen LogP contribution in [0.3, 0.4) is 0 Å². The molecule has 0 amide bonds. The second-order valence-electron chi connectivity index (χ2n) is 28.0. The minimum atomic E-state index is -0.217. The number of nitrogens with zero attached hydrogens (tertiary/aromatic N) is 2. The molecule has 7 aromatic rings. The highest BCUT2D eigenvalue weighted by molar-refractivity contribution is 7.00. The predicted molar refractivity (Wildman–Crippen MR) is 305 cm³/mol. The van der Waals surface area contributed by atoms with Gasteiger partial charge in [0.05, 0.1) is 17.0 Å². The van der Waals surface area contributed by atoms with Crippen LogP contribution in [0, 0.1) is 12.7 Å². The third-order valence-corrected chi connectivity index (χ3v) is 19.1. The number of hydrogen-bond acceptors (Lipinski definition) is 3. The summed E-state index contributed by atoms with van der Waals surface area (Å²) >= 11 is 0. The fourth-order valence-corrected chi connectivity index (χ4v) is 14.1. The normalized spacial score (nSPS) is 20.3. The molecule has 5 heteroatoms. The molecule has 3 aliphatic carbocycles. The van der Waals surface area contributed by atoms with E-state index in [9.17, 15) is 0 Å². The summed E-state index contributed by atoms with van der Waals surface area (Å²) in [6, 6.07) is 36.5. The first-order valence-corrected chi connectivity index (χ1v) is 27.2. The summed E-state index contributed by atoms with van der Waals surface area (Å²) in [5.41, 5.74) is 23.5. The van der Waals surface area contributed by atoms with Crippen LogP contribution in [0.5, 0.6) is 0 Å². The Morgan fingerprint density at radius 3 is 1.62 bits per heavy atom. The van der Waals surface area contributed by atoms with E-state index in [2.05, 4.69) is 193 Å². The Hall–Kier alpha value is -5.55. The summed E-state index contributed by atoms with van der Waals surface area (Å²) in [5.74, 6) is -0.217. The van der Waals surface area contributed by atoms with Gasteiger partial charge in [0.1, 0.15) is 11.4 Å². The van der Waals surface area contributed by atoms with Gasteiger partial charge < -0.3 is 14.2 Å². The van der Waals surface area contributed by atoms with E-state index in [1.54, 1.807) is 12.1 Å². The highest BCUT2D eigenvalue weighted by Gasteiger charge is 2.50. The molecule has 0 atom stereocenters. The molecule has 2 aliphatic heterocycles. The van der Waals surface area contributed by atoms with Crippen molar-refractivity contribution in [1.82, 2.24) is 0 Å². The first kappa shape index (κ1) is 47.5. The lowest BCUT2D eigenvalue weighted by atomic mass is 9.35. The first-order chi connectivity index (χ1) is 33.6. The van der Waals surface area contributed by atoms with Gasteiger partial charge in [-0.05, 0) is 199 Å². The average Bonchev–Trinajstić information content (AvgIpc) is 3.68. The topological polar surface area (TPSA) is 19.6 Å². The van der Waals surface area contributed by atoms with Gasteiger partial charge in [-0.25, -0.2) is 4.39 Å². The molecule has 6 aromatic carbocycles. The Morgan fingerprint density at radius 2 is 1.03 bits per heavy atom. The molecule has 12 rings (SSSR count). The summed E-state index contributed by atoms with van der Waals surface area (Å²) < 4.78 is 24.3. The molecular formula is C67H76BFN2O. The molecule has 72 heavy (non-hydrogen) atoms. The number of rotatable bonds is 3. The Balaban J connectivity index is 1.24. The van der Waals surface area contributed by atoms with Gasteiger partial charge in [0.15, 0.2) is 0 Å². The molecule has 0 saturated carbocycles. The number of furan rings is 1. The van der Waals surface area contributed by atoms with Crippen molar-refractivity contribution < 1.29 is 8.81 Å². The maximum Gasteiger partial charge on any atom is 0.297 e. The zero-order valence-corrected chi connectivity index (χ0v) is 46.2. The maximum absolute atomic E-state index is 16.6. The number of halogens is 1. The molecule has 1 aromatic heterocycles. The molecule has 0 bridgehead atoms. The van der Waals surface area contributed by atoms with Crippen molar-refractivity contribution in [2.45, 2.75) is 187 Å². The predicted octanol–water partition coefficient (Wildman–Crippen LogP) is 17.0. The number of anilines is 6. The van der Waals surface area contributed by atoms with Gasteiger partial charge in [-0.1, -0.05) is 140 Å². The van der Waals surface area contributed by atoms with E-state index in [-0.39, 0.29) is 50.4 Å². The SMILES string of the molecule is Cc1cc2c3c(c1)N(c1ccc4c(c1)C(C)(C)CCC4(C)C)c1c(oc4cc5c(cc14)C(C)(C)CCC5(C)C)B3c1cc3c(cc1N2c1ccc(C(C)(C)C)cc1-c1ccccc1F)C(C)(C)CCC3(C)C. The zero-order valence-electron chi connectivity index (χ0n) is 46.2. The van der Waals surface area contributed by atoms with Crippen LogP contribution in [0.25, 0.3) is 22.1 Å². The maximum atomic E-state index is 16.6. The smallest absolute Gasteiger partial charge is 0.297 e. The Labute approximate surface area is 430 Å². The number of hydrogen-bond donors (Lipinski definition) is 0. The van der Waals surface area contributed by atoms with Crippen LogP contribution in [0.4, 0.5) is 38.5 Å². The van der Waals surface area contributed by atoms with Gasteiger partial charge in [-0.3, -0.25) is 0 Å². The fourth-order valence-electron chi connectivity index (χ4n) is 14.1. The van der Waals surface area contributed by atoms with Crippen LogP contribution in [0.15, 0.2) is 101 Å². The second-order valence-corrected chi connectivity index (χ2v) is 28.0. The summed E-state index contributed by atoms with van der Waals surface area (Å²) in [6.07, 6.45) is 6.78. The monoisotopic (exact) mass is 955 g/mol. The molecule has 3 nitrogen and oxygen atoms in total. The van der Waals surface area contributed by atoms with E-state index in [0.29, 0.717) is 5.56 Å². The highest BCUT2D eigenvalue weighted by atomic mass is 19.1. The molecule has 5 aliphatic rings. The lowest BCUT2D eigenvalue weighted by molar-refractivity contribution is 0.332. The van der Waals surface area contributed by atoms with Crippen LogP contribution in [-0.2, 0) is 37.9 Å².